The third-order valence-electron chi connectivity index (χ3n) is 3.12. The molecule has 1 aliphatic rings. The van der Waals surface area contributed by atoms with Crippen LogP contribution in [-0.4, -0.2) is 48.0 Å². The van der Waals surface area contributed by atoms with Gasteiger partial charge in [0.05, 0.1) is 0 Å². The second-order valence-corrected chi connectivity index (χ2v) is 4.26. The summed E-state index contributed by atoms with van der Waals surface area (Å²) in [7, 11) is 0. The first-order chi connectivity index (χ1) is 8.27. The lowest BCUT2D eigenvalue weighted by molar-refractivity contribution is -0.123. The first-order valence-corrected chi connectivity index (χ1v) is 5.90. The van der Waals surface area contributed by atoms with Crippen molar-refractivity contribution >= 4 is 5.91 Å². The fourth-order valence-electron chi connectivity index (χ4n) is 2.12. The molecule has 17 heavy (non-hydrogen) atoms. The molecule has 1 fully saturated rings. The van der Waals surface area contributed by atoms with Crippen LogP contribution in [0.15, 0.2) is 24.5 Å². The molecule has 0 aromatic carbocycles. The average Bonchev–Trinajstić information content (AvgIpc) is 2.38. The Morgan fingerprint density at radius 3 is 3.00 bits per heavy atom. The van der Waals surface area contributed by atoms with Gasteiger partial charge in [-0.25, -0.2) is 0 Å². The molecule has 3 N–H and O–H groups in total. The van der Waals surface area contributed by atoms with E-state index >= 15 is 0 Å². The average molecular weight is 234 g/mol. The van der Waals surface area contributed by atoms with E-state index in [4.69, 9.17) is 5.73 Å². The minimum atomic E-state index is -0.244. The summed E-state index contributed by atoms with van der Waals surface area (Å²) in [5, 5.41) is 3.19. The number of aromatic nitrogens is 1. The summed E-state index contributed by atoms with van der Waals surface area (Å²) in [6.07, 6.45) is 4.50. The number of primary amides is 1. The van der Waals surface area contributed by atoms with E-state index in [1.165, 1.54) is 5.56 Å². The fraction of sp³-hybridized carbons (Fsp3) is 0.500. The second-order valence-electron chi connectivity index (χ2n) is 4.26. The SMILES string of the molecule is NC(=O)C1CNCCN1CCc1ccncc1. The van der Waals surface area contributed by atoms with Crippen LogP contribution in [0.1, 0.15) is 5.56 Å². The van der Waals surface area contributed by atoms with Crippen LogP contribution in [0.2, 0.25) is 0 Å². The number of hydrogen-bond donors (Lipinski definition) is 2. The Bertz CT molecular complexity index is 368. The van der Waals surface area contributed by atoms with E-state index < -0.39 is 0 Å². The monoisotopic (exact) mass is 234 g/mol. The molecule has 0 radical (unpaired) electrons. The van der Waals surface area contributed by atoms with E-state index in [-0.39, 0.29) is 11.9 Å². The molecule has 1 aromatic heterocycles. The minimum absolute atomic E-state index is 0.175. The third-order valence-corrected chi connectivity index (χ3v) is 3.12. The third kappa shape index (κ3) is 3.25. The van der Waals surface area contributed by atoms with Crippen LogP contribution in [0.25, 0.3) is 0 Å². The van der Waals surface area contributed by atoms with Crippen molar-refractivity contribution in [2.75, 3.05) is 26.2 Å². The number of hydrogen-bond acceptors (Lipinski definition) is 4. The van der Waals surface area contributed by atoms with Crippen molar-refractivity contribution in [3.63, 3.8) is 0 Å². The van der Waals surface area contributed by atoms with Crippen molar-refractivity contribution in [1.29, 1.82) is 0 Å². The number of carbonyl (C=O) groups excluding carboxylic acids is 1. The first-order valence-electron chi connectivity index (χ1n) is 5.90. The summed E-state index contributed by atoms with van der Waals surface area (Å²) in [6.45, 7) is 3.31. The summed E-state index contributed by atoms with van der Waals surface area (Å²) in [4.78, 5) is 17.4. The van der Waals surface area contributed by atoms with Crippen molar-refractivity contribution < 1.29 is 4.79 Å². The molecular formula is C12H18N4O. The lowest BCUT2D eigenvalue weighted by atomic mass is 10.1. The van der Waals surface area contributed by atoms with Gasteiger partial charge >= 0.3 is 0 Å². The first kappa shape index (κ1) is 12.0. The molecule has 1 aromatic rings. The normalized spacial score (nSPS) is 21.3. The summed E-state index contributed by atoms with van der Waals surface area (Å²) < 4.78 is 0. The van der Waals surface area contributed by atoms with Gasteiger partial charge in [-0.2, -0.15) is 0 Å². The number of nitrogens with one attached hydrogen (secondary N) is 1. The maximum atomic E-state index is 11.3. The van der Waals surface area contributed by atoms with E-state index in [1.54, 1.807) is 12.4 Å². The van der Waals surface area contributed by atoms with Gasteiger partial charge in [0, 0.05) is 38.6 Å². The summed E-state index contributed by atoms with van der Waals surface area (Å²) in [6, 6.07) is 3.83. The maximum absolute atomic E-state index is 11.3. The number of piperazine rings is 1. The summed E-state index contributed by atoms with van der Waals surface area (Å²) in [5.41, 5.74) is 6.63. The zero-order valence-electron chi connectivity index (χ0n) is 9.80. The van der Waals surface area contributed by atoms with Crippen molar-refractivity contribution in [3.05, 3.63) is 30.1 Å². The van der Waals surface area contributed by atoms with Gasteiger partial charge < -0.3 is 11.1 Å². The topological polar surface area (TPSA) is 71.2 Å². The van der Waals surface area contributed by atoms with E-state index in [2.05, 4.69) is 15.2 Å². The van der Waals surface area contributed by atoms with Crippen LogP contribution in [0, 0.1) is 0 Å². The predicted octanol–water partition coefficient (Wildman–Crippen LogP) is -0.617. The molecule has 92 valence electrons. The van der Waals surface area contributed by atoms with Crippen molar-refractivity contribution in [2.45, 2.75) is 12.5 Å². The van der Waals surface area contributed by atoms with Gasteiger partial charge in [0.2, 0.25) is 5.91 Å². The lowest BCUT2D eigenvalue weighted by Gasteiger charge is -2.34. The Morgan fingerprint density at radius 2 is 2.29 bits per heavy atom. The number of carbonyl (C=O) groups is 1. The Kier molecular flexibility index (Phi) is 4.06. The van der Waals surface area contributed by atoms with Gasteiger partial charge in [0.15, 0.2) is 0 Å². The van der Waals surface area contributed by atoms with Gasteiger partial charge in [-0.15, -0.1) is 0 Å². The zero-order chi connectivity index (χ0) is 12.1. The number of pyridine rings is 1. The smallest absolute Gasteiger partial charge is 0.236 e. The van der Waals surface area contributed by atoms with Crippen molar-refractivity contribution in [1.82, 2.24) is 15.2 Å². The Morgan fingerprint density at radius 1 is 1.53 bits per heavy atom. The summed E-state index contributed by atoms with van der Waals surface area (Å²) in [5.74, 6) is -0.244. The highest BCUT2D eigenvalue weighted by molar-refractivity contribution is 5.80. The zero-order valence-corrected chi connectivity index (χ0v) is 9.80. The van der Waals surface area contributed by atoms with Crippen LogP contribution < -0.4 is 11.1 Å². The van der Waals surface area contributed by atoms with Crippen molar-refractivity contribution in [3.8, 4) is 0 Å². The lowest BCUT2D eigenvalue weighted by Crippen LogP contribution is -2.57. The molecular weight excluding hydrogens is 216 g/mol. The van der Waals surface area contributed by atoms with Crippen LogP contribution >= 0.6 is 0 Å². The van der Waals surface area contributed by atoms with E-state index in [1.807, 2.05) is 12.1 Å². The number of nitrogens with two attached hydrogens (primary N) is 1. The van der Waals surface area contributed by atoms with Gasteiger partial charge in [-0.05, 0) is 24.1 Å². The largest absolute Gasteiger partial charge is 0.368 e. The van der Waals surface area contributed by atoms with Gasteiger partial charge in [0.1, 0.15) is 6.04 Å². The van der Waals surface area contributed by atoms with Crippen LogP contribution in [-0.2, 0) is 11.2 Å². The van der Waals surface area contributed by atoms with Gasteiger partial charge in [-0.3, -0.25) is 14.7 Å². The molecule has 0 spiro atoms. The molecule has 0 saturated carbocycles. The fourth-order valence-corrected chi connectivity index (χ4v) is 2.12. The van der Waals surface area contributed by atoms with E-state index in [9.17, 15) is 4.79 Å². The summed E-state index contributed by atoms with van der Waals surface area (Å²) >= 11 is 0. The van der Waals surface area contributed by atoms with Gasteiger partial charge in [0.25, 0.3) is 0 Å². The highest BCUT2D eigenvalue weighted by Crippen LogP contribution is 2.06. The molecule has 5 nitrogen and oxygen atoms in total. The number of amides is 1. The van der Waals surface area contributed by atoms with Crippen LogP contribution in [0.3, 0.4) is 0 Å². The number of rotatable bonds is 4. The van der Waals surface area contributed by atoms with E-state index in [0.29, 0.717) is 6.54 Å². The molecule has 1 unspecified atom stereocenters. The van der Waals surface area contributed by atoms with E-state index in [0.717, 1.165) is 26.1 Å². The quantitative estimate of drug-likeness (QED) is 0.728. The Hall–Kier alpha value is -1.46. The molecule has 5 heteroatoms. The highest BCUT2D eigenvalue weighted by atomic mass is 16.1. The highest BCUT2D eigenvalue weighted by Gasteiger charge is 2.25. The Balaban J connectivity index is 1.90. The second kappa shape index (κ2) is 5.75. The molecule has 1 amide bonds. The Labute approximate surface area is 101 Å². The predicted molar refractivity (Wildman–Crippen MR) is 65.4 cm³/mol. The molecule has 2 rings (SSSR count). The molecule has 1 aliphatic heterocycles. The molecule has 1 atom stereocenters. The van der Waals surface area contributed by atoms with Crippen LogP contribution in [0.5, 0.6) is 0 Å². The van der Waals surface area contributed by atoms with Gasteiger partial charge in [-0.1, -0.05) is 0 Å². The number of nitrogens with zero attached hydrogens (tertiary/aromatic N) is 2. The molecule has 0 aliphatic carbocycles. The molecule has 1 saturated heterocycles. The maximum Gasteiger partial charge on any atom is 0.236 e. The van der Waals surface area contributed by atoms with Crippen molar-refractivity contribution in [2.24, 2.45) is 5.73 Å². The molecule has 0 bridgehead atoms. The standard InChI is InChI=1S/C12H18N4O/c13-12(17)11-9-15-6-8-16(11)7-3-10-1-4-14-5-2-10/h1-2,4-5,11,15H,3,6-9H2,(H2,13,17). The van der Waals surface area contributed by atoms with Crippen LogP contribution in [0.4, 0.5) is 0 Å². The molecule has 2 heterocycles. The minimum Gasteiger partial charge on any atom is -0.368 e.